The van der Waals surface area contributed by atoms with E-state index in [0.717, 1.165) is 6.41 Å². The van der Waals surface area contributed by atoms with Crippen molar-refractivity contribution < 1.29 is 187 Å². The van der Waals surface area contributed by atoms with Gasteiger partial charge in [-0.3, -0.25) is 24.7 Å². The van der Waals surface area contributed by atoms with Crippen molar-refractivity contribution in [1.29, 1.82) is 0 Å². The van der Waals surface area contributed by atoms with Gasteiger partial charge >= 0.3 is 102 Å². The van der Waals surface area contributed by atoms with Gasteiger partial charge in [-0.25, -0.2) is 9.97 Å². The van der Waals surface area contributed by atoms with Crippen LogP contribution in [0.5, 0.6) is 46.0 Å². The molecule has 38 heteroatoms. The number of para-hydroxylation sites is 4. The zero-order chi connectivity index (χ0) is 73.7. The molecule has 576 valence electrons. The number of ether oxygens (including phenoxy) is 4. The smallest absolute Gasteiger partial charge is 0.870 e. The summed E-state index contributed by atoms with van der Waals surface area (Å²) in [7, 11) is 8.40. The predicted molar refractivity (Wildman–Crippen MR) is 347 cm³/mol. The Bertz CT molecular complexity index is 3790. The van der Waals surface area contributed by atoms with Gasteiger partial charge in [0.2, 0.25) is 6.41 Å². The SMILES string of the molecule is CN(C)C=O.COc1cccc(/C([O-])=N/N=C(\[O-])c2cccc(/C([O-])=N/N=C(\[O-])c3cccc(OC)c3[O-])n2)c1[O-].COc1cccc(/C([O-])=N/N=C(\[O-])c2cccc(/C([O-])=N/N=C(\[O-])c3cccc(OC)c3[O-])n2)c1[O-].[Cu+2].[Cu+2].[Cu+2].[Cu+2].[Cu+2].[Cu+2].c1ccncc1.c1ccncc1.c1ccncc1.c1ccncc1. The Hall–Kier alpha value is -11.5. The summed E-state index contributed by atoms with van der Waals surface area (Å²) >= 11 is 0. The molecule has 0 saturated carbocycles. The molecule has 10 rings (SSSR count). The molecule has 32 nitrogen and oxygen atoms in total. The minimum atomic E-state index is -1.09. The molecule has 6 heterocycles. The number of hydrogen-bond donors (Lipinski definition) is 0. The van der Waals surface area contributed by atoms with E-state index in [0.29, 0.717) is 0 Å². The first-order valence-electron chi connectivity index (χ1n) is 28.6. The first-order valence-corrected chi connectivity index (χ1v) is 28.6. The second-order valence-electron chi connectivity index (χ2n) is 18.6. The summed E-state index contributed by atoms with van der Waals surface area (Å²) in [5.74, 6) is -11.9. The number of carbonyl (C=O) groups excluding carboxylic acids is 1. The molecule has 0 aliphatic carbocycles. The molecule has 107 heavy (non-hydrogen) atoms. The molecule has 0 N–H and O–H groups in total. The number of aromatic nitrogens is 6. The van der Waals surface area contributed by atoms with Gasteiger partial charge in [0.25, 0.3) is 0 Å². The normalized spacial score (nSPS) is 10.8. The standard InChI is InChI=1S/2C23H21N5O8.4C5H5N.C3H7NO.6Cu/c2*1-35-16-10-3-6-12(18(16)29)20(31)25-27-22(33)14-8-5-9-15(24-14)23(34)28-26-21(32)13-7-4-11-17(36-2)19(13)30;4*1-2-4-6-5-3-1;1-4(2)3-5;;;;;;/h2*3-11,29-30H,1-2H3,(H,25,31)(H,26,32)(H,27,33)(H,28,34);4*1-5H;3H,1-2H3;;;;;;/q;;;;;;;6*+2/p-12. The Kier molecular flexibility index (Phi) is 53.0. The number of rotatable bonds is 17. The van der Waals surface area contributed by atoms with Crippen LogP contribution < -0.4 is 80.2 Å². The predicted octanol–water partition coefficient (Wildman–Crippen LogP) is -2.18. The maximum Gasteiger partial charge on any atom is 2.00 e. The first kappa shape index (κ1) is 99.7. The molecule has 4 aromatic carbocycles. The number of nitrogens with zero attached hydrogens (tertiary/aromatic N) is 15. The Morgan fingerprint density at radius 2 is 0.458 bits per heavy atom. The van der Waals surface area contributed by atoms with Crippen LogP contribution in [-0.2, 0) is 107 Å². The van der Waals surface area contributed by atoms with Gasteiger partial charge in [-0.2, -0.15) is 40.8 Å². The van der Waals surface area contributed by atoms with Crippen molar-refractivity contribution in [2.24, 2.45) is 40.8 Å². The molecular formula is C69H57Cu6N15O17. The van der Waals surface area contributed by atoms with Crippen LogP contribution in [0.4, 0.5) is 0 Å². The van der Waals surface area contributed by atoms with Gasteiger partial charge in [0, 0.05) is 111 Å². The van der Waals surface area contributed by atoms with Gasteiger partial charge < -0.3 is 85.1 Å². The van der Waals surface area contributed by atoms with Crippen molar-refractivity contribution in [3.05, 3.63) is 277 Å². The Morgan fingerprint density at radius 3 is 0.598 bits per heavy atom. The van der Waals surface area contributed by atoms with Crippen LogP contribution in [-0.4, -0.2) is 131 Å². The quantitative estimate of drug-likeness (QED) is 0.0308. The molecule has 6 radical (unpaired) electrons. The molecule has 1 amide bonds. The molecule has 0 fully saturated rings. The van der Waals surface area contributed by atoms with Gasteiger partial charge in [-0.05, 0) is 119 Å². The Labute approximate surface area is 676 Å². The number of benzene rings is 4. The fraction of sp³-hybridized carbons (Fsp3) is 0.0870. The van der Waals surface area contributed by atoms with E-state index in [9.17, 15) is 66.1 Å². The van der Waals surface area contributed by atoms with E-state index in [-0.39, 0.29) is 170 Å². The molecule has 0 spiro atoms. The number of methoxy groups -OCH3 is 4. The van der Waals surface area contributed by atoms with Crippen molar-refractivity contribution >= 4 is 53.6 Å². The molecule has 0 unspecified atom stereocenters. The number of pyridine rings is 6. The monoisotopic (exact) mass is 1740 g/mol. The van der Waals surface area contributed by atoms with Crippen LogP contribution in [0.25, 0.3) is 0 Å². The third-order valence-corrected chi connectivity index (χ3v) is 11.5. The van der Waals surface area contributed by atoms with Crippen LogP contribution in [0.15, 0.2) is 272 Å². The summed E-state index contributed by atoms with van der Waals surface area (Å²) in [6.07, 6.45) is 14.8. The fourth-order valence-electron chi connectivity index (χ4n) is 6.76. The minimum Gasteiger partial charge on any atom is -0.870 e. The average Bonchev–Trinajstić information content (AvgIpc) is 0.857. The van der Waals surface area contributed by atoms with Crippen molar-refractivity contribution in [3.63, 3.8) is 0 Å². The number of amides is 1. The molecule has 0 bridgehead atoms. The maximum absolute atomic E-state index is 12.3. The van der Waals surface area contributed by atoms with Gasteiger partial charge in [-0.1, -0.05) is 108 Å². The van der Waals surface area contributed by atoms with Crippen LogP contribution in [0.1, 0.15) is 45.0 Å². The van der Waals surface area contributed by atoms with Crippen molar-refractivity contribution in [2.75, 3.05) is 42.5 Å². The van der Waals surface area contributed by atoms with E-state index in [2.05, 4.69) is 70.7 Å². The summed E-state index contributed by atoms with van der Waals surface area (Å²) < 4.78 is 19.4. The third kappa shape index (κ3) is 35.7. The first-order chi connectivity index (χ1) is 48.8. The second-order valence-corrected chi connectivity index (χ2v) is 18.6. The molecule has 6 aromatic heterocycles. The summed E-state index contributed by atoms with van der Waals surface area (Å²) in [5.41, 5.74) is -2.92. The van der Waals surface area contributed by atoms with Crippen molar-refractivity contribution in [1.82, 2.24) is 34.8 Å². The number of carbonyl (C=O) groups is 1. The Morgan fingerprint density at radius 1 is 0.290 bits per heavy atom. The summed E-state index contributed by atoms with van der Waals surface area (Å²) in [6.45, 7) is 0. The van der Waals surface area contributed by atoms with E-state index in [1.165, 1.54) is 143 Å². The van der Waals surface area contributed by atoms with E-state index < -0.39 is 70.2 Å². The molecular weight excluding hydrogens is 1690 g/mol. The molecule has 0 atom stereocenters. The van der Waals surface area contributed by atoms with Crippen LogP contribution >= 0.6 is 0 Å². The third-order valence-electron chi connectivity index (χ3n) is 11.5. The summed E-state index contributed by atoms with van der Waals surface area (Å²) in [4.78, 5) is 33.6. The molecule has 0 saturated heterocycles. The Balaban J connectivity index is -0.00000140. The van der Waals surface area contributed by atoms with Crippen LogP contribution in [0, 0.1) is 0 Å². The zero-order valence-electron chi connectivity index (χ0n) is 56.0. The minimum absolute atomic E-state index is 0. The van der Waals surface area contributed by atoms with Crippen molar-refractivity contribution in [3.8, 4) is 46.0 Å². The molecule has 0 aliphatic rings. The summed E-state index contributed by atoms with van der Waals surface area (Å²) in [6, 6.07) is 46.0. The van der Waals surface area contributed by atoms with Crippen molar-refractivity contribution in [2.45, 2.75) is 0 Å². The molecule has 0 aliphatic heterocycles. The largest absolute Gasteiger partial charge is 2.00 e. The van der Waals surface area contributed by atoms with E-state index in [1.54, 1.807) is 63.7 Å². The van der Waals surface area contributed by atoms with E-state index in [4.69, 9.17) is 18.9 Å². The van der Waals surface area contributed by atoms with Gasteiger partial charge in [-0.15, -0.1) is 0 Å². The van der Waals surface area contributed by atoms with E-state index in [1.807, 2.05) is 72.8 Å². The van der Waals surface area contributed by atoms with Gasteiger partial charge in [0.1, 0.15) is 23.0 Å². The second kappa shape index (κ2) is 56.9. The molecule has 10 aromatic rings. The van der Waals surface area contributed by atoms with Crippen LogP contribution in [0.3, 0.4) is 0 Å². The average molecular weight is 1750 g/mol. The maximum atomic E-state index is 12.3. The number of hydrogen-bond acceptors (Lipinski definition) is 31. The van der Waals surface area contributed by atoms with Gasteiger partial charge in [0.05, 0.1) is 51.2 Å². The van der Waals surface area contributed by atoms with E-state index >= 15 is 0 Å². The zero-order valence-corrected chi connectivity index (χ0v) is 61.6. The van der Waals surface area contributed by atoms with Gasteiger partial charge in [0.15, 0.2) is 0 Å². The summed E-state index contributed by atoms with van der Waals surface area (Å²) in [5, 5.41) is 172. The topological polar surface area (TPSA) is 510 Å². The fourth-order valence-corrected chi connectivity index (χ4v) is 6.76. The van der Waals surface area contributed by atoms with Crippen LogP contribution in [0.2, 0.25) is 0 Å².